The Labute approximate surface area is 107 Å². The molecule has 0 amide bonds. The summed E-state index contributed by atoms with van der Waals surface area (Å²) in [6.07, 6.45) is 7.41. The fourth-order valence-electron chi connectivity index (χ4n) is 2.61. The van der Waals surface area contributed by atoms with Crippen molar-refractivity contribution in [1.29, 1.82) is 0 Å². The van der Waals surface area contributed by atoms with Crippen molar-refractivity contribution in [2.24, 2.45) is 5.92 Å². The molecule has 0 aliphatic carbocycles. The number of aliphatic hydroxyl groups is 1. The van der Waals surface area contributed by atoms with E-state index in [0.717, 1.165) is 12.3 Å². The monoisotopic (exact) mass is 242 g/mol. The van der Waals surface area contributed by atoms with E-state index < -0.39 is 0 Å². The first kappa shape index (κ1) is 14.9. The predicted molar refractivity (Wildman–Crippen MR) is 73.3 cm³/mol. The van der Waals surface area contributed by atoms with Gasteiger partial charge in [0.05, 0.1) is 0 Å². The molecular weight excluding hydrogens is 212 g/mol. The molecule has 1 aliphatic heterocycles. The van der Waals surface area contributed by atoms with E-state index in [0.29, 0.717) is 6.61 Å². The Morgan fingerprint density at radius 2 is 1.82 bits per heavy atom. The summed E-state index contributed by atoms with van der Waals surface area (Å²) in [7, 11) is 0. The Morgan fingerprint density at radius 3 is 2.47 bits per heavy atom. The van der Waals surface area contributed by atoms with Gasteiger partial charge in [-0.05, 0) is 57.8 Å². The van der Waals surface area contributed by atoms with Gasteiger partial charge in [-0.3, -0.25) is 0 Å². The van der Waals surface area contributed by atoms with Crippen LogP contribution in [0.1, 0.15) is 45.4 Å². The van der Waals surface area contributed by atoms with Crippen molar-refractivity contribution in [3.63, 3.8) is 0 Å². The SMILES string of the molecule is CCN(CCCCCCO)CC1CCNCC1. The van der Waals surface area contributed by atoms with Crippen LogP contribution < -0.4 is 5.32 Å². The summed E-state index contributed by atoms with van der Waals surface area (Å²) >= 11 is 0. The quantitative estimate of drug-likeness (QED) is 0.606. The largest absolute Gasteiger partial charge is 0.396 e. The van der Waals surface area contributed by atoms with E-state index in [2.05, 4.69) is 17.1 Å². The van der Waals surface area contributed by atoms with Gasteiger partial charge in [-0.2, -0.15) is 0 Å². The first-order valence-electron chi connectivity index (χ1n) is 7.40. The number of nitrogens with zero attached hydrogens (tertiary/aromatic N) is 1. The number of hydrogen-bond acceptors (Lipinski definition) is 3. The standard InChI is InChI=1S/C14H30N2O/c1-2-16(11-5-3-4-6-12-17)13-14-7-9-15-10-8-14/h14-15,17H,2-13H2,1H3. The smallest absolute Gasteiger partial charge is 0.0431 e. The molecule has 0 atom stereocenters. The lowest BCUT2D eigenvalue weighted by Gasteiger charge is -2.29. The Morgan fingerprint density at radius 1 is 1.12 bits per heavy atom. The summed E-state index contributed by atoms with van der Waals surface area (Å²) in [5.74, 6) is 0.911. The van der Waals surface area contributed by atoms with Crippen molar-refractivity contribution in [2.45, 2.75) is 45.4 Å². The topological polar surface area (TPSA) is 35.5 Å². The van der Waals surface area contributed by atoms with Gasteiger partial charge in [0.2, 0.25) is 0 Å². The maximum absolute atomic E-state index is 8.72. The van der Waals surface area contributed by atoms with Crippen LogP contribution in [0.3, 0.4) is 0 Å². The van der Waals surface area contributed by atoms with Gasteiger partial charge in [0.1, 0.15) is 0 Å². The Hall–Kier alpha value is -0.120. The Balaban J connectivity index is 2.05. The van der Waals surface area contributed by atoms with E-state index in [4.69, 9.17) is 5.11 Å². The molecule has 1 fully saturated rings. The van der Waals surface area contributed by atoms with E-state index in [1.165, 1.54) is 64.8 Å². The van der Waals surface area contributed by atoms with Crippen LogP contribution >= 0.6 is 0 Å². The summed E-state index contributed by atoms with van der Waals surface area (Å²) in [5.41, 5.74) is 0. The third-order valence-corrected chi connectivity index (χ3v) is 3.80. The van der Waals surface area contributed by atoms with E-state index in [1.807, 2.05) is 0 Å². The van der Waals surface area contributed by atoms with Crippen molar-refractivity contribution in [1.82, 2.24) is 10.2 Å². The van der Waals surface area contributed by atoms with Gasteiger partial charge in [-0.1, -0.05) is 19.8 Å². The van der Waals surface area contributed by atoms with E-state index in [9.17, 15) is 0 Å². The van der Waals surface area contributed by atoms with Gasteiger partial charge < -0.3 is 15.3 Å². The molecule has 0 saturated carbocycles. The normalized spacial score (nSPS) is 17.8. The van der Waals surface area contributed by atoms with Crippen molar-refractivity contribution < 1.29 is 5.11 Å². The summed E-state index contributed by atoms with van der Waals surface area (Å²) in [4.78, 5) is 2.61. The number of hydrogen-bond donors (Lipinski definition) is 2. The highest BCUT2D eigenvalue weighted by Crippen LogP contribution is 2.14. The molecular formula is C14H30N2O. The highest BCUT2D eigenvalue weighted by molar-refractivity contribution is 4.72. The average Bonchev–Trinajstić information content (AvgIpc) is 2.38. The molecule has 0 unspecified atom stereocenters. The Bertz CT molecular complexity index is 170. The minimum absolute atomic E-state index is 0.354. The second kappa shape index (κ2) is 9.86. The van der Waals surface area contributed by atoms with E-state index in [1.54, 1.807) is 0 Å². The molecule has 0 spiro atoms. The highest BCUT2D eigenvalue weighted by Gasteiger charge is 2.15. The molecule has 1 saturated heterocycles. The third kappa shape index (κ3) is 7.02. The zero-order valence-corrected chi connectivity index (χ0v) is 11.5. The zero-order valence-electron chi connectivity index (χ0n) is 11.5. The van der Waals surface area contributed by atoms with Crippen molar-refractivity contribution in [3.8, 4) is 0 Å². The van der Waals surface area contributed by atoms with Crippen LogP contribution in [0.15, 0.2) is 0 Å². The van der Waals surface area contributed by atoms with Gasteiger partial charge in [0.25, 0.3) is 0 Å². The number of aliphatic hydroxyl groups excluding tert-OH is 1. The van der Waals surface area contributed by atoms with Crippen LogP contribution in [0.2, 0.25) is 0 Å². The predicted octanol–water partition coefficient (Wildman–Crippen LogP) is 1.86. The van der Waals surface area contributed by atoms with Crippen molar-refractivity contribution in [2.75, 3.05) is 39.3 Å². The van der Waals surface area contributed by atoms with Crippen LogP contribution in [0.25, 0.3) is 0 Å². The summed E-state index contributed by atoms with van der Waals surface area (Å²) in [6.45, 7) is 8.76. The van der Waals surface area contributed by atoms with Gasteiger partial charge in [0, 0.05) is 13.2 Å². The maximum Gasteiger partial charge on any atom is 0.0431 e. The van der Waals surface area contributed by atoms with Crippen LogP contribution in [-0.4, -0.2) is 49.3 Å². The second-order valence-corrected chi connectivity index (χ2v) is 5.22. The number of piperidine rings is 1. The molecule has 102 valence electrons. The molecule has 0 radical (unpaired) electrons. The summed E-state index contributed by atoms with van der Waals surface area (Å²) in [5, 5.41) is 12.2. The van der Waals surface area contributed by atoms with Gasteiger partial charge in [-0.15, -0.1) is 0 Å². The first-order chi connectivity index (χ1) is 8.36. The van der Waals surface area contributed by atoms with Crippen molar-refractivity contribution >= 4 is 0 Å². The van der Waals surface area contributed by atoms with Crippen LogP contribution in [0, 0.1) is 5.92 Å². The lowest BCUT2D eigenvalue weighted by molar-refractivity contribution is 0.209. The molecule has 17 heavy (non-hydrogen) atoms. The van der Waals surface area contributed by atoms with E-state index >= 15 is 0 Å². The number of unbranched alkanes of at least 4 members (excludes halogenated alkanes) is 3. The molecule has 3 heteroatoms. The minimum Gasteiger partial charge on any atom is -0.396 e. The second-order valence-electron chi connectivity index (χ2n) is 5.22. The first-order valence-corrected chi connectivity index (χ1v) is 7.40. The van der Waals surface area contributed by atoms with Gasteiger partial charge in [0.15, 0.2) is 0 Å². The molecule has 1 rings (SSSR count). The number of nitrogens with one attached hydrogen (secondary N) is 1. The third-order valence-electron chi connectivity index (χ3n) is 3.80. The molecule has 1 heterocycles. The van der Waals surface area contributed by atoms with Crippen molar-refractivity contribution in [3.05, 3.63) is 0 Å². The average molecular weight is 242 g/mol. The molecule has 0 aromatic carbocycles. The fourth-order valence-corrected chi connectivity index (χ4v) is 2.61. The zero-order chi connectivity index (χ0) is 12.3. The summed E-state index contributed by atoms with van der Waals surface area (Å²) < 4.78 is 0. The molecule has 0 aromatic heterocycles. The van der Waals surface area contributed by atoms with Gasteiger partial charge in [-0.25, -0.2) is 0 Å². The van der Waals surface area contributed by atoms with Gasteiger partial charge >= 0.3 is 0 Å². The summed E-state index contributed by atoms with van der Waals surface area (Å²) in [6, 6.07) is 0. The lowest BCUT2D eigenvalue weighted by Crippen LogP contribution is -2.36. The highest BCUT2D eigenvalue weighted by atomic mass is 16.2. The fraction of sp³-hybridized carbons (Fsp3) is 1.00. The molecule has 1 aliphatic rings. The minimum atomic E-state index is 0.354. The molecule has 3 nitrogen and oxygen atoms in total. The lowest BCUT2D eigenvalue weighted by atomic mass is 9.97. The Kier molecular flexibility index (Phi) is 8.67. The molecule has 2 N–H and O–H groups in total. The van der Waals surface area contributed by atoms with E-state index in [-0.39, 0.29) is 0 Å². The number of rotatable bonds is 9. The van der Waals surface area contributed by atoms with Crippen LogP contribution in [0.5, 0.6) is 0 Å². The van der Waals surface area contributed by atoms with Crippen LogP contribution in [0.4, 0.5) is 0 Å². The molecule has 0 bridgehead atoms. The maximum atomic E-state index is 8.72. The van der Waals surface area contributed by atoms with Crippen LogP contribution in [-0.2, 0) is 0 Å². The molecule has 0 aromatic rings.